The second kappa shape index (κ2) is 4.53. The molecule has 0 spiro atoms. The van der Waals surface area contributed by atoms with Crippen LogP contribution >= 0.6 is 0 Å². The average Bonchev–Trinajstić information content (AvgIpc) is 2.99. The number of fused-ring (bicyclic) bond motifs is 1. The number of halogens is 1. The third kappa shape index (κ3) is 2.03. The Labute approximate surface area is 110 Å². The lowest BCUT2D eigenvalue weighted by molar-refractivity contribution is 0.556. The monoisotopic (exact) mass is 261 g/mol. The van der Waals surface area contributed by atoms with Crippen LogP contribution in [0.4, 0.5) is 10.1 Å². The van der Waals surface area contributed by atoms with Crippen LogP contribution in [0.2, 0.25) is 0 Å². The predicted octanol–water partition coefficient (Wildman–Crippen LogP) is 1.94. The van der Waals surface area contributed by atoms with Gasteiger partial charge >= 0.3 is 0 Å². The van der Waals surface area contributed by atoms with Crippen LogP contribution in [0, 0.1) is 13.0 Å². The molecule has 0 bridgehead atoms. The van der Waals surface area contributed by atoms with E-state index in [0.717, 1.165) is 47.8 Å². The molecule has 0 radical (unpaired) electrons. The molecule has 3 N–H and O–H groups in total. The van der Waals surface area contributed by atoms with Gasteiger partial charge in [-0.1, -0.05) is 6.92 Å². The minimum Gasteiger partial charge on any atom is -0.354 e. The largest absolute Gasteiger partial charge is 0.354 e. The number of anilines is 1. The van der Waals surface area contributed by atoms with Crippen molar-refractivity contribution >= 4 is 22.7 Å². The summed E-state index contributed by atoms with van der Waals surface area (Å²) in [6.07, 6.45) is 0.245. The number of aromatic amines is 1. The molecule has 100 valence electrons. The van der Waals surface area contributed by atoms with Crippen LogP contribution in [0.25, 0.3) is 11.0 Å². The summed E-state index contributed by atoms with van der Waals surface area (Å²) in [6, 6.07) is 1.99. The van der Waals surface area contributed by atoms with Crippen LogP contribution < -0.4 is 10.6 Å². The van der Waals surface area contributed by atoms with E-state index in [2.05, 4.69) is 25.6 Å². The van der Waals surface area contributed by atoms with Gasteiger partial charge in [0.2, 0.25) is 0 Å². The van der Waals surface area contributed by atoms with E-state index in [1.165, 1.54) is 0 Å². The number of hydrogen-bond acceptors (Lipinski definition) is 4. The maximum atomic E-state index is 13.3. The summed E-state index contributed by atoms with van der Waals surface area (Å²) >= 11 is 0. The fraction of sp³-hybridized carbons (Fsp3) is 0.385. The molecule has 0 fully saturated rings. The van der Waals surface area contributed by atoms with Crippen molar-refractivity contribution in [1.82, 2.24) is 15.3 Å². The van der Waals surface area contributed by atoms with Crippen LogP contribution in [0.15, 0.2) is 11.1 Å². The third-order valence-electron chi connectivity index (χ3n) is 3.32. The molecule has 3 rings (SSSR count). The van der Waals surface area contributed by atoms with Gasteiger partial charge in [0.05, 0.1) is 17.6 Å². The minimum absolute atomic E-state index is 0.540. The first-order valence-corrected chi connectivity index (χ1v) is 6.42. The Morgan fingerprint density at radius 2 is 2.32 bits per heavy atom. The SMILES string of the molecule is CCc1c(NC2=NCCN2)cc(C)c2nc(F)[nH]c12. The molecule has 0 atom stereocenters. The number of nitrogens with one attached hydrogen (secondary N) is 3. The van der Waals surface area contributed by atoms with Crippen molar-refractivity contribution in [3.05, 3.63) is 23.3 Å². The fourth-order valence-corrected chi connectivity index (χ4v) is 2.44. The standard InChI is InChI=1S/C13H16FN5/c1-3-8-9(17-13-15-4-5-16-13)6-7(2)10-11(8)19-12(14)18-10/h6H,3-5H2,1-2H3,(H,18,19)(H2,15,16,17). The van der Waals surface area contributed by atoms with Gasteiger partial charge < -0.3 is 15.6 Å². The average molecular weight is 261 g/mol. The van der Waals surface area contributed by atoms with Crippen LogP contribution in [0.3, 0.4) is 0 Å². The minimum atomic E-state index is -0.540. The molecule has 2 heterocycles. The van der Waals surface area contributed by atoms with Gasteiger partial charge in [0, 0.05) is 17.8 Å². The molecule has 1 aliphatic rings. The summed E-state index contributed by atoms with van der Waals surface area (Å²) in [5.74, 6) is 0.772. The van der Waals surface area contributed by atoms with Crippen LogP contribution in [-0.2, 0) is 6.42 Å². The van der Waals surface area contributed by atoms with Crippen LogP contribution in [-0.4, -0.2) is 29.0 Å². The molecule has 2 aromatic rings. The summed E-state index contributed by atoms with van der Waals surface area (Å²) in [5, 5.41) is 6.44. The van der Waals surface area contributed by atoms with E-state index < -0.39 is 6.08 Å². The number of hydrogen-bond donors (Lipinski definition) is 3. The molecule has 0 saturated heterocycles. The van der Waals surface area contributed by atoms with E-state index in [9.17, 15) is 4.39 Å². The first-order chi connectivity index (χ1) is 9.19. The molecule has 5 nitrogen and oxygen atoms in total. The van der Waals surface area contributed by atoms with E-state index >= 15 is 0 Å². The van der Waals surface area contributed by atoms with Gasteiger partial charge in [-0.25, -0.2) is 4.98 Å². The first-order valence-electron chi connectivity index (χ1n) is 6.42. The van der Waals surface area contributed by atoms with Gasteiger partial charge in [0.1, 0.15) is 0 Å². The van der Waals surface area contributed by atoms with Gasteiger partial charge in [-0.3, -0.25) is 4.99 Å². The molecule has 0 unspecified atom stereocenters. The number of H-pyrrole nitrogens is 1. The summed E-state index contributed by atoms with van der Waals surface area (Å²) in [5.41, 5.74) is 4.37. The van der Waals surface area contributed by atoms with E-state index in [4.69, 9.17) is 0 Å². The maximum absolute atomic E-state index is 13.3. The molecular weight excluding hydrogens is 245 g/mol. The van der Waals surface area contributed by atoms with Gasteiger partial charge in [0.15, 0.2) is 5.96 Å². The van der Waals surface area contributed by atoms with E-state index in [1.807, 2.05) is 19.9 Å². The van der Waals surface area contributed by atoms with Crippen molar-refractivity contribution < 1.29 is 4.39 Å². The van der Waals surface area contributed by atoms with Gasteiger partial charge in [-0.15, -0.1) is 0 Å². The van der Waals surface area contributed by atoms with E-state index in [-0.39, 0.29) is 0 Å². The normalized spacial score (nSPS) is 14.6. The highest BCUT2D eigenvalue weighted by atomic mass is 19.1. The molecular formula is C13H16FN5. The molecule has 1 aromatic heterocycles. The summed E-state index contributed by atoms with van der Waals surface area (Å²) in [7, 11) is 0. The highest BCUT2D eigenvalue weighted by Crippen LogP contribution is 2.28. The zero-order valence-corrected chi connectivity index (χ0v) is 11.0. The first kappa shape index (κ1) is 12.0. The molecule has 0 saturated carbocycles. The Morgan fingerprint density at radius 3 is 3.00 bits per heavy atom. The molecule has 1 aliphatic heterocycles. The van der Waals surface area contributed by atoms with E-state index in [0.29, 0.717) is 5.52 Å². The zero-order valence-electron chi connectivity index (χ0n) is 11.0. The van der Waals surface area contributed by atoms with Crippen molar-refractivity contribution in [2.75, 3.05) is 18.4 Å². The van der Waals surface area contributed by atoms with Crippen molar-refractivity contribution in [2.24, 2.45) is 4.99 Å². The molecule has 0 aliphatic carbocycles. The summed E-state index contributed by atoms with van der Waals surface area (Å²) in [6.45, 7) is 5.60. The Morgan fingerprint density at radius 1 is 1.47 bits per heavy atom. The number of guanidine groups is 1. The van der Waals surface area contributed by atoms with E-state index in [1.54, 1.807) is 0 Å². The maximum Gasteiger partial charge on any atom is 0.287 e. The third-order valence-corrected chi connectivity index (χ3v) is 3.32. The molecule has 19 heavy (non-hydrogen) atoms. The van der Waals surface area contributed by atoms with Crippen molar-refractivity contribution in [2.45, 2.75) is 20.3 Å². The smallest absolute Gasteiger partial charge is 0.287 e. The summed E-state index contributed by atoms with van der Waals surface area (Å²) < 4.78 is 13.3. The second-order valence-electron chi connectivity index (χ2n) is 4.61. The van der Waals surface area contributed by atoms with Crippen molar-refractivity contribution in [1.29, 1.82) is 0 Å². The number of rotatable bonds is 2. The topological polar surface area (TPSA) is 65.1 Å². The zero-order chi connectivity index (χ0) is 13.4. The highest BCUT2D eigenvalue weighted by Gasteiger charge is 2.15. The lowest BCUT2D eigenvalue weighted by atomic mass is 10.0. The van der Waals surface area contributed by atoms with Gasteiger partial charge in [0.25, 0.3) is 6.08 Å². The van der Waals surface area contributed by atoms with Crippen LogP contribution in [0.1, 0.15) is 18.1 Å². The summed E-state index contributed by atoms with van der Waals surface area (Å²) in [4.78, 5) is 10.9. The predicted molar refractivity (Wildman–Crippen MR) is 74.1 cm³/mol. The number of imidazole rings is 1. The number of aliphatic imine (C=N–C) groups is 1. The molecule has 6 heteroatoms. The Balaban J connectivity index is 2.12. The Hall–Kier alpha value is -2.11. The van der Waals surface area contributed by atoms with Crippen LogP contribution in [0.5, 0.6) is 0 Å². The lowest BCUT2D eigenvalue weighted by Crippen LogP contribution is -2.26. The van der Waals surface area contributed by atoms with Gasteiger partial charge in [-0.2, -0.15) is 4.39 Å². The van der Waals surface area contributed by atoms with Crippen molar-refractivity contribution in [3.63, 3.8) is 0 Å². The van der Waals surface area contributed by atoms with Crippen molar-refractivity contribution in [3.8, 4) is 0 Å². The second-order valence-corrected chi connectivity index (χ2v) is 4.61. The quantitative estimate of drug-likeness (QED) is 0.774. The van der Waals surface area contributed by atoms with Gasteiger partial charge in [-0.05, 0) is 25.0 Å². The molecule has 1 aromatic carbocycles. The molecule has 0 amide bonds. The number of aryl methyl sites for hydroxylation is 2. The number of nitrogens with zero attached hydrogens (tertiary/aromatic N) is 2. The Bertz CT molecular complexity index is 659. The lowest BCUT2D eigenvalue weighted by Gasteiger charge is -2.13. The number of aromatic nitrogens is 2. The number of benzene rings is 1. The fourth-order valence-electron chi connectivity index (χ4n) is 2.44. The highest BCUT2D eigenvalue weighted by molar-refractivity contribution is 5.98. The Kier molecular flexibility index (Phi) is 2.85.